The van der Waals surface area contributed by atoms with E-state index in [1.165, 1.54) is 32.0 Å². The molecular formula is C12H13ClF3N3O2. The van der Waals surface area contributed by atoms with E-state index in [-0.39, 0.29) is 23.5 Å². The molecule has 1 aromatic heterocycles. The number of carbonyl (C=O) groups excluding carboxylic acids is 1. The largest absolute Gasteiger partial charge is 0.468 e. The summed E-state index contributed by atoms with van der Waals surface area (Å²) in [5.41, 5.74) is 4.79. The van der Waals surface area contributed by atoms with Gasteiger partial charge >= 0.3 is 12.1 Å². The Morgan fingerprint density at radius 3 is 2.48 bits per heavy atom. The predicted octanol–water partition coefficient (Wildman–Crippen LogP) is 2.94. The minimum absolute atomic E-state index is 0. The van der Waals surface area contributed by atoms with Crippen molar-refractivity contribution in [2.75, 3.05) is 5.32 Å². The molecule has 0 saturated carbocycles. The van der Waals surface area contributed by atoms with Crippen LogP contribution in [0.5, 0.6) is 0 Å². The molecule has 0 aliphatic heterocycles. The van der Waals surface area contributed by atoms with Crippen LogP contribution in [0.2, 0.25) is 0 Å². The first-order valence-electron chi connectivity index (χ1n) is 5.65. The number of halogens is 4. The lowest BCUT2D eigenvalue weighted by molar-refractivity contribution is -0.156. The zero-order valence-corrected chi connectivity index (χ0v) is 11.9. The summed E-state index contributed by atoms with van der Waals surface area (Å²) in [7, 11) is 0. The minimum atomic E-state index is -4.65. The number of nitrogens with one attached hydrogen (secondary N) is 1. The van der Waals surface area contributed by atoms with E-state index < -0.39 is 23.5 Å². The van der Waals surface area contributed by atoms with Crippen molar-refractivity contribution in [1.29, 1.82) is 0 Å². The van der Waals surface area contributed by atoms with Crippen LogP contribution in [0.15, 0.2) is 22.6 Å². The molecule has 21 heavy (non-hydrogen) atoms. The number of carbonyl (C=O) groups is 1. The van der Waals surface area contributed by atoms with Crippen molar-refractivity contribution in [1.82, 2.24) is 4.98 Å². The predicted molar refractivity (Wildman–Crippen MR) is 73.2 cm³/mol. The van der Waals surface area contributed by atoms with E-state index in [9.17, 15) is 18.0 Å². The van der Waals surface area contributed by atoms with E-state index in [0.29, 0.717) is 5.69 Å². The number of hydrogen-bond acceptors (Lipinski definition) is 4. The van der Waals surface area contributed by atoms with Crippen molar-refractivity contribution >= 4 is 35.1 Å². The van der Waals surface area contributed by atoms with Gasteiger partial charge in [-0.05, 0) is 32.0 Å². The molecule has 0 fully saturated rings. The highest BCUT2D eigenvalue weighted by atomic mass is 35.5. The quantitative estimate of drug-likeness (QED) is 0.890. The molecule has 1 heterocycles. The number of nitrogens with two attached hydrogens (primary N) is 1. The Bertz CT molecular complexity index is 662. The second kappa shape index (κ2) is 5.53. The maximum atomic E-state index is 12.5. The molecule has 116 valence electrons. The number of anilines is 1. The van der Waals surface area contributed by atoms with Gasteiger partial charge in [0.05, 0.1) is 5.54 Å². The Labute approximate surface area is 124 Å². The Morgan fingerprint density at radius 1 is 1.33 bits per heavy atom. The van der Waals surface area contributed by atoms with E-state index in [1.54, 1.807) is 0 Å². The smallest absolute Gasteiger partial charge is 0.433 e. The maximum Gasteiger partial charge on any atom is 0.468 e. The van der Waals surface area contributed by atoms with E-state index in [4.69, 9.17) is 5.73 Å². The summed E-state index contributed by atoms with van der Waals surface area (Å²) in [4.78, 5) is 15.0. The molecule has 1 aromatic carbocycles. The number of nitrogens with zero attached hydrogens (tertiary/aromatic N) is 1. The summed E-state index contributed by atoms with van der Waals surface area (Å²) in [5.74, 6) is -1.79. The summed E-state index contributed by atoms with van der Waals surface area (Å²) in [6.45, 7) is 3.03. The standard InChI is InChI=1S/C12H12F3N3O2.ClH/c1-11(2,16)9(19)17-6-3-4-8-7(5-6)18-10(20-8)12(13,14)15;/h3-5H,16H2,1-2H3,(H,17,19);1H. The van der Waals surface area contributed by atoms with Crippen molar-refractivity contribution in [2.45, 2.75) is 25.6 Å². The third kappa shape index (κ3) is 3.85. The average Bonchev–Trinajstić information content (AvgIpc) is 2.70. The number of hydrogen-bond donors (Lipinski definition) is 2. The van der Waals surface area contributed by atoms with E-state index in [1.807, 2.05) is 0 Å². The van der Waals surface area contributed by atoms with Gasteiger partial charge < -0.3 is 15.5 Å². The fraction of sp³-hybridized carbons (Fsp3) is 0.333. The van der Waals surface area contributed by atoms with Gasteiger partial charge in [-0.1, -0.05) is 0 Å². The molecule has 1 amide bonds. The third-order valence-corrected chi connectivity index (χ3v) is 2.47. The highest BCUT2D eigenvalue weighted by molar-refractivity contribution is 5.98. The number of benzene rings is 1. The highest BCUT2D eigenvalue weighted by Crippen LogP contribution is 2.31. The van der Waals surface area contributed by atoms with Gasteiger partial charge in [0, 0.05) is 5.69 Å². The van der Waals surface area contributed by atoms with Crippen molar-refractivity contribution in [2.24, 2.45) is 5.73 Å². The zero-order valence-electron chi connectivity index (χ0n) is 11.1. The first-order valence-corrected chi connectivity index (χ1v) is 5.65. The van der Waals surface area contributed by atoms with Gasteiger partial charge in [0.15, 0.2) is 5.58 Å². The van der Waals surface area contributed by atoms with Crippen LogP contribution < -0.4 is 11.1 Å². The number of aromatic nitrogens is 1. The van der Waals surface area contributed by atoms with Gasteiger partial charge in [0.25, 0.3) is 0 Å². The first-order chi connectivity index (χ1) is 9.07. The van der Waals surface area contributed by atoms with Crippen LogP contribution in [0.1, 0.15) is 19.7 Å². The average molecular weight is 324 g/mol. The van der Waals surface area contributed by atoms with E-state index in [0.717, 1.165) is 0 Å². The summed E-state index contributed by atoms with van der Waals surface area (Å²) >= 11 is 0. The normalized spacial score (nSPS) is 12.1. The maximum absolute atomic E-state index is 12.5. The summed E-state index contributed by atoms with van der Waals surface area (Å²) in [6.07, 6.45) is -4.65. The molecule has 0 unspecified atom stereocenters. The van der Waals surface area contributed by atoms with E-state index in [2.05, 4.69) is 14.7 Å². The molecule has 0 saturated heterocycles. The lowest BCUT2D eigenvalue weighted by atomic mass is 10.1. The van der Waals surface area contributed by atoms with Crippen molar-refractivity contribution < 1.29 is 22.4 Å². The van der Waals surface area contributed by atoms with E-state index >= 15 is 0 Å². The van der Waals surface area contributed by atoms with Crippen LogP contribution in [-0.4, -0.2) is 16.4 Å². The van der Waals surface area contributed by atoms with Gasteiger partial charge in [-0.3, -0.25) is 4.79 Å². The third-order valence-electron chi connectivity index (χ3n) is 2.47. The molecule has 0 bridgehead atoms. The number of fused-ring (bicyclic) bond motifs is 1. The molecule has 2 rings (SSSR count). The number of rotatable bonds is 2. The lowest BCUT2D eigenvalue weighted by Crippen LogP contribution is -2.45. The Balaban J connectivity index is 0.00000220. The molecule has 0 spiro atoms. The molecule has 3 N–H and O–H groups in total. The van der Waals surface area contributed by atoms with Crippen LogP contribution in [0.3, 0.4) is 0 Å². The topological polar surface area (TPSA) is 81.2 Å². The molecule has 9 heteroatoms. The molecule has 0 aliphatic carbocycles. The molecule has 0 atom stereocenters. The Morgan fingerprint density at radius 2 is 1.95 bits per heavy atom. The lowest BCUT2D eigenvalue weighted by Gasteiger charge is -2.17. The molecule has 0 aliphatic rings. The summed E-state index contributed by atoms with van der Waals surface area (Å²) in [5, 5.41) is 2.50. The first kappa shape index (κ1) is 17.3. The van der Waals surface area contributed by atoms with Crippen LogP contribution in [0, 0.1) is 0 Å². The van der Waals surface area contributed by atoms with Crippen LogP contribution >= 0.6 is 12.4 Å². The van der Waals surface area contributed by atoms with Gasteiger partial charge in [-0.25, -0.2) is 4.98 Å². The SMILES string of the molecule is CC(C)(N)C(=O)Nc1ccc2oc(C(F)(F)F)nc2c1.Cl. The van der Waals surface area contributed by atoms with Gasteiger partial charge in [-0.2, -0.15) is 13.2 Å². The number of alkyl halides is 3. The van der Waals surface area contributed by atoms with Crippen LogP contribution in [-0.2, 0) is 11.0 Å². The zero-order chi connectivity index (χ0) is 15.1. The second-order valence-corrected chi connectivity index (χ2v) is 4.88. The van der Waals surface area contributed by atoms with Crippen molar-refractivity contribution in [3.8, 4) is 0 Å². The number of amides is 1. The Kier molecular flexibility index (Phi) is 4.54. The van der Waals surface area contributed by atoms with Gasteiger partial charge in [0.1, 0.15) is 5.52 Å². The van der Waals surface area contributed by atoms with Crippen molar-refractivity contribution in [3.63, 3.8) is 0 Å². The highest BCUT2D eigenvalue weighted by Gasteiger charge is 2.37. The fourth-order valence-corrected chi connectivity index (χ4v) is 1.42. The van der Waals surface area contributed by atoms with Gasteiger partial charge in [-0.15, -0.1) is 12.4 Å². The monoisotopic (exact) mass is 323 g/mol. The Hall–Kier alpha value is -1.80. The van der Waals surface area contributed by atoms with Crippen LogP contribution in [0.25, 0.3) is 11.1 Å². The summed E-state index contributed by atoms with van der Waals surface area (Å²) in [6, 6.07) is 4.01. The minimum Gasteiger partial charge on any atom is -0.433 e. The van der Waals surface area contributed by atoms with Crippen LogP contribution in [0.4, 0.5) is 18.9 Å². The fourth-order valence-electron chi connectivity index (χ4n) is 1.42. The molecule has 2 aromatic rings. The molecule has 0 radical (unpaired) electrons. The second-order valence-electron chi connectivity index (χ2n) is 4.88. The number of oxazole rings is 1. The van der Waals surface area contributed by atoms with Crippen molar-refractivity contribution in [3.05, 3.63) is 24.1 Å². The molecule has 5 nitrogen and oxygen atoms in total. The molecular weight excluding hydrogens is 311 g/mol. The summed E-state index contributed by atoms with van der Waals surface area (Å²) < 4.78 is 41.9. The van der Waals surface area contributed by atoms with Gasteiger partial charge in [0.2, 0.25) is 5.91 Å².